The molecular formula is C21H19N5O3. The standard InChI is InChI=1S/C21H19N5O3/c1-26-4-3-13-14(7-22)20(25)21(9-23,10-24)18(15(13)8-26)12-5-16(27-2)19-17(6-12)28-11-29-19/h3,5-6,14-15,18,25H,4,8,11H2,1-2H3/t14?,15-,18+/m0/s1. The molecule has 0 aromatic heterocycles. The van der Waals surface area contributed by atoms with Crippen LogP contribution >= 0.6 is 0 Å². The van der Waals surface area contributed by atoms with Gasteiger partial charge in [-0.2, -0.15) is 15.8 Å². The maximum atomic E-state index is 10.1. The molecule has 8 heteroatoms. The molecule has 0 spiro atoms. The van der Waals surface area contributed by atoms with Crippen LogP contribution in [0.15, 0.2) is 23.8 Å². The zero-order chi connectivity index (χ0) is 20.8. The summed E-state index contributed by atoms with van der Waals surface area (Å²) in [4.78, 5) is 2.08. The number of nitriles is 3. The first kappa shape index (κ1) is 18.8. The van der Waals surface area contributed by atoms with Crippen molar-refractivity contribution in [2.24, 2.45) is 17.3 Å². The molecule has 1 unspecified atom stereocenters. The summed E-state index contributed by atoms with van der Waals surface area (Å²) in [7, 11) is 3.46. The number of hydrogen-bond acceptors (Lipinski definition) is 8. The predicted octanol–water partition coefficient (Wildman–Crippen LogP) is 2.20. The van der Waals surface area contributed by atoms with Crippen LogP contribution in [0.3, 0.4) is 0 Å². The number of ether oxygens (including phenoxy) is 3. The Bertz CT molecular complexity index is 1030. The van der Waals surface area contributed by atoms with Gasteiger partial charge in [0.05, 0.1) is 31.0 Å². The van der Waals surface area contributed by atoms with Crippen LogP contribution in [0.2, 0.25) is 0 Å². The van der Waals surface area contributed by atoms with Crippen LogP contribution in [0.1, 0.15) is 11.5 Å². The lowest BCUT2D eigenvalue weighted by Gasteiger charge is -2.47. The highest BCUT2D eigenvalue weighted by atomic mass is 16.7. The second kappa shape index (κ2) is 6.81. The van der Waals surface area contributed by atoms with E-state index < -0.39 is 17.3 Å². The number of fused-ring (bicyclic) bond motifs is 2. The van der Waals surface area contributed by atoms with E-state index in [1.54, 1.807) is 12.1 Å². The van der Waals surface area contributed by atoms with Crippen molar-refractivity contribution in [3.05, 3.63) is 29.3 Å². The molecule has 0 amide bonds. The second-order valence-corrected chi connectivity index (χ2v) is 7.47. The lowest BCUT2D eigenvalue weighted by Crippen LogP contribution is -2.52. The maximum absolute atomic E-state index is 10.1. The third-order valence-electron chi connectivity index (χ3n) is 6.01. The van der Waals surface area contributed by atoms with E-state index in [0.717, 1.165) is 5.57 Å². The van der Waals surface area contributed by atoms with Gasteiger partial charge < -0.3 is 24.5 Å². The SMILES string of the molecule is COc1cc([C@@H]2[C@H]3CN(C)CC=C3C(C#N)C(=N)C2(C#N)C#N)cc2c1OCO2. The number of benzene rings is 1. The predicted molar refractivity (Wildman–Crippen MR) is 101 cm³/mol. The lowest BCUT2D eigenvalue weighted by atomic mass is 9.54. The maximum Gasteiger partial charge on any atom is 0.231 e. The molecule has 1 aliphatic carbocycles. The largest absolute Gasteiger partial charge is 0.493 e. The van der Waals surface area contributed by atoms with Gasteiger partial charge in [-0.3, -0.25) is 0 Å². The van der Waals surface area contributed by atoms with E-state index in [-0.39, 0.29) is 18.4 Å². The molecule has 2 aliphatic heterocycles. The highest BCUT2D eigenvalue weighted by Gasteiger charge is 2.57. The molecule has 1 aromatic rings. The Labute approximate surface area is 168 Å². The number of nitrogens with one attached hydrogen (secondary N) is 1. The molecule has 0 bridgehead atoms. The van der Waals surface area contributed by atoms with Gasteiger partial charge in [-0.15, -0.1) is 0 Å². The van der Waals surface area contributed by atoms with Crippen LogP contribution in [0, 0.1) is 56.7 Å². The Morgan fingerprint density at radius 1 is 1.24 bits per heavy atom. The van der Waals surface area contributed by atoms with Crippen molar-refractivity contribution in [3.63, 3.8) is 0 Å². The highest BCUT2D eigenvalue weighted by Crippen LogP contribution is 2.55. The fourth-order valence-electron chi connectivity index (χ4n) is 4.66. The van der Waals surface area contributed by atoms with Crippen LogP contribution < -0.4 is 14.2 Å². The van der Waals surface area contributed by atoms with Gasteiger partial charge in [-0.1, -0.05) is 6.08 Å². The highest BCUT2D eigenvalue weighted by molar-refractivity contribution is 6.00. The first-order valence-electron chi connectivity index (χ1n) is 9.17. The summed E-state index contributed by atoms with van der Waals surface area (Å²) < 4.78 is 16.4. The summed E-state index contributed by atoms with van der Waals surface area (Å²) in [5, 5.41) is 38.6. The molecule has 1 N–H and O–H groups in total. The third kappa shape index (κ3) is 2.56. The minimum Gasteiger partial charge on any atom is -0.493 e. The first-order valence-corrected chi connectivity index (χ1v) is 9.17. The van der Waals surface area contributed by atoms with Crippen LogP contribution in [0.25, 0.3) is 0 Å². The average molecular weight is 389 g/mol. The Hall–Kier alpha value is -3.54. The van der Waals surface area contributed by atoms with E-state index >= 15 is 0 Å². The quantitative estimate of drug-likeness (QED) is 0.768. The molecule has 1 aromatic carbocycles. The van der Waals surface area contributed by atoms with Crippen molar-refractivity contribution in [1.82, 2.24) is 4.90 Å². The molecule has 0 radical (unpaired) electrons. The number of likely N-dealkylation sites (N-methyl/N-ethyl adjacent to an activating group) is 1. The molecule has 8 nitrogen and oxygen atoms in total. The van der Waals surface area contributed by atoms with Crippen molar-refractivity contribution >= 4 is 5.71 Å². The van der Waals surface area contributed by atoms with Gasteiger partial charge in [-0.25, -0.2) is 0 Å². The zero-order valence-electron chi connectivity index (χ0n) is 16.1. The van der Waals surface area contributed by atoms with Crippen LogP contribution in [-0.4, -0.2) is 44.7 Å². The lowest BCUT2D eigenvalue weighted by molar-refractivity contribution is 0.171. The minimum absolute atomic E-state index is 0.0606. The van der Waals surface area contributed by atoms with Crippen LogP contribution in [0.5, 0.6) is 17.2 Å². The number of hydrogen-bond donors (Lipinski definition) is 1. The van der Waals surface area contributed by atoms with E-state index in [1.165, 1.54) is 7.11 Å². The molecule has 0 saturated heterocycles. The van der Waals surface area contributed by atoms with Crippen molar-refractivity contribution in [2.75, 3.05) is 34.0 Å². The van der Waals surface area contributed by atoms with E-state index in [2.05, 4.69) is 23.1 Å². The van der Waals surface area contributed by atoms with E-state index in [0.29, 0.717) is 35.9 Å². The molecule has 146 valence electrons. The number of methoxy groups -OCH3 is 1. The van der Waals surface area contributed by atoms with Crippen molar-refractivity contribution in [3.8, 4) is 35.5 Å². The Balaban J connectivity index is 1.97. The fourth-order valence-corrected chi connectivity index (χ4v) is 4.66. The van der Waals surface area contributed by atoms with Gasteiger partial charge in [0, 0.05) is 24.9 Å². The first-order chi connectivity index (χ1) is 14.0. The van der Waals surface area contributed by atoms with Gasteiger partial charge in [0.15, 0.2) is 16.9 Å². The Morgan fingerprint density at radius 3 is 2.66 bits per heavy atom. The Kier molecular flexibility index (Phi) is 4.42. The van der Waals surface area contributed by atoms with Gasteiger partial charge in [0.25, 0.3) is 0 Å². The topological polar surface area (TPSA) is 126 Å². The number of nitrogens with zero attached hydrogens (tertiary/aromatic N) is 4. The molecule has 2 heterocycles. The Morgan fingerprint density at radius 2 is 2.00 bits per heavy atom. The molecule has 4 rings (SSSR count). The van der Waals surface area contributed by atoms with Crippen LogP contribution in [0.4, 0.5) is 0 Å². The van der Waals surface area contributed by atoms with Gasteiger partial charge in [-0.05, 0) is 30.3 Å². The smallest absolute Gasteiger partial charge is 0.231 e. The third-order valence-corrected chi connectivity index (χ3v) is 6.01. The molecule has 3 aliphatic rings. The van der Waals surface area contributed by atoms with E-state index in [1.807, 2.05) is 13.1 Å². The average Bonchev–Trinajstić information content (AvgIpc) is 3.21. The summed E-state index contributed by atoms with van der Waals surface area (Å²) in [5.74, 6) is -0.381. The normalized spacial score (nSPS) is 27.1. The summed E-state index contributed by atoms with van der Waals surface area (Å²) in [5.41, 5.74) is -0.474. The molecular weight excluding hydrogens is 370 g/mol. The van der Waals surface area contributed by atoms with Crippen LogP contribution in [-0.2, 0) is 0 Å². The fraction of sp³-hybridized carbons (Fsp3) is 0.429. The molecule has 29 heavy (non-hydrogen) atoms. The van der Waals surface area contributed by atoms with Crippen molar-refractivity contribution < 1.29 is 14.2 Å². The monoisotopic (exact) mass is 389 g/mol. The van der Waals surface area contributed by atoms with Gasteiger partial charge in [0.1, 0.15) is 5.92 Å². The van der Waals surface area contributed by atoms with Gasteiger partial charge in [0.2, 0.25) is 12.5 Å². The van der Waals surface area contributed by atoms with Crippen molar-refractivity contribution in [1.29, 1.82) is 21.2 Å². The number of rotatable bonds is 2. The van der Waals surface area contributed by atoms with E-state index in [4.69, 9.17) is 19.6 Å². The molecule has 3 atom stereocenters. The van der Waals surface area contributed by atoms with Gasteiger partial charge >= 0.3 is 0 Å². The second-order valence-electron chi connectivity index (χ2n) is 7.47. The zero-order valence-corrected chi connectivity index (χ0v) is 16.1. The summed E-state index contributed by atoms with van der Waals surface area (Å²) in [6.45, 7) is 1.29. The summed E-state index contributed by atoms with van der Waals surface area (Å²) in [6, 6.07) is 9.82. The summed E-state index contributed by atoms with van der Waals surface area (Å²) in [6.07, 6.45) is 1.95. The summed E-state index contributed by atoms with van der Waals surface area (Å²) >= 11 is 0. The van der Waals surface area contributed by atoms with E-state index in [9.17, 15) is 15.8 Å². The van der Waals surface area contributed by atoms with Crippen molar-refractivity contribution in [2.45, 2.75) is 5.92 Å². The molecule has 1 saturated carbocycles. The minimum atomic E-state index is -1.76. The molecule has 1 fully saturated rings.